The summed E-state index contributed by atoms with van der Waals surface area (Å²) in [5.41, 5.74) is 0. The van der Waals surface area contributed by atoms with E-state index in [1.807, 2.05) is 18.7 Å². The Kier molecular flexibility index (Phi) is 4.47. The van der Waals surface area contributed by atoms with Gasteiger partial charge in [0.15, 0.2) is 8.68 Å². The largest absolute Gasteiger partial charge is 0.287 e. The van der Waals surface area contributed by atoms with E-state index in [1.165, 1.54) is 6.20 Å². The Labute approximate surface area is 97.4 Å². The molecule has 0 saturated heterocycles. The zero-order chi connectivity index (χ0) is 11.5. The van der Waals surface area contributed by atoms with E-state index < -0.39 is 10.0 Å². The lowest BCUT2D eigenvalue weighted by Crippen LogP contribution is -2.25. The van der Waals surface area contributed by atoms with Crippen molar-refractivity contribution in [3.8, 4) is 0 Å². The maximum absolute atomic E-state index is 11.5. The third-order valence-electron chi connectivity index (χ3n) is 1.31. The van der Waals surface area contributed by atoms with E-state index in [1.54, 1.807) is 0 Å². The van der Waals surface area contributed by atoms with E-state index >= 15 is 0 Å². The number of aromatic nitrogens is 1. The number of nitrogens with zero attached hydrogens (tertiary/aromatic N) is 1. The fourth-order valence-electron chi connectivity index (χ4n) is 0.683. The molecule has 86 valence electrons. The SMILES string of the molecule is CC(C)CONS(=O)(=O)c1cnc(Cl)s1. The summed E-state index contributed by atoms with van der Waals surface area (Å²) in [6, 6.07) is 0. The lowest BCUT2D eigenvalue weighted by atomic mass is 10.2. The molecule has 1 heterocycles. The van der Waals surface area contributed by atoms with E-state index in [0.717, 1.165) is 11.3 Å². The summed E-state index contributed by atoms with van der Waals surface area (Å²) < 4.78 is 23.2. The van der Waals surface area contributed by atoms with Crippen LogP contribution in [0, 0.1) is 5.92 Å². The van der Waals surface area contributed by atoms with Crippen molar-refractivity contribution in [2.45, 2.75) is 18.1 Å². The Hall–Kier alpha value is -0.210. The van der Waals surface area contributed by atoms with Gasteiger partial charge in [0.25, 0.3) is 10.0 Å². The fourth-order valence-corrected chi connectivity index (χ4v) is 2.77. The third-order valence-corrected chi connectivity index (χ3v) is 4.10. The van der Waals surface area contributed by atoms with Crippen molar-refractivity contribution in [1.82, 2.24) is 9.87 Å². The summed E-state index contributed by atoms with van der Waals surface area (Å²) in [5.74, 6) is 0.248. The van der Waals surface area contributed by atoms with Gasteiger partial charge < -0.3 is 0 Å². The predicted octanol–water partition coefficient (Wildman–Crippen LogP) is 1.66. The summed E-state index contributed by atoms with van der Waals surface area (Å²) in [4.78, 5) is 10.5. The van der Waals surface area contributed by atoms with Crippen molar-refractivity contribution in [2.75, 3.05) is 6.61 Å². The van der Waals surface area contributed by atoms with Crippen LogP contribution in [0.2, 0.25) is 4.47 Å². The first-order valence-electron chi connectivity index (χ1n) is 4.17. The van der Waals surface area contributed by atoms with Crippen LogP contribution < -0.4 is 4.89 Å². The first-order chi connectivity index (χ1) is 6.92. The topological polar surface area (TPSA) is 68.3 Å². The Bertz CT molecular complexity index is 416. The van der Waals surface area contributed by atoms with Crippen molar-refractivity contribution in [3.05, 3.63) is 10.7 Å². The first-order valence-corrected chi connectivity index (χ1v) is 6.84. The summed E-state index contributed by atoms with van der Waals surface area (Å²) >= 11 is 6.40. The first kappa shape index (κ1) is 12.9. The smallest absolute Gasteiger partial charge is 0.273 e. The lowest BCUT2D eigenvalue weighted by molar-refractivity contribution is 0.0720. The van der Waals surface area contributed by atoms with Crippen LogP contribution >= 0.6 is 22.9 Å². The third kappa shape index (κ3) is 4.04. The summed E-state index contributed by atoms with van der Waals surface area (Å²) in [7, 11) is -3.64. The van der Waals surface area contributed by atoms with Crippen molar-refractivity contribution >= 4 is 33.0 Å². The van der Waals surface area contributed by atoms with Gasteiger partial charge in [-0.25, -0.2) is 13.4 Å². The van der Waals surface area contributed by atoms with E-state index in [0.29, 0.717) is 6.61 Å². The normalized spacial score (nSPS) is 12.3. The molecule has 0 radical (unpaired) electrons. The highest BCUT2D eigenvalue weighted by Gasteiger charge is 2.17. The molecule has 0 aliphatic carbocycles. The van der Waals surface area contributed by atoms with Crippen LogP contribution in [0.4, 0.5) is 0 Å². The summed E-state index contributed by atoms with van der Waals surface area (Å²) in [5, 5.41) is 0. The van der Waals surface area contributed by atoms with E-state index in [4.69, 9.17) is 16.4 Å². The highest BCUT2D eigenvalue weighted by atomic mass is 35.5. The highest BCUT2D eigenvalue weighted by Crippen LogP contribution is 2.21. The van der Waals surface area contributed by atoms with Crippen LogP contribution in [-0.2, 0) is 14.9 Å². The van der Waals surface area contributed by atoms with Crippen LogP contribution in [-0.4, -0.2) is 20.0 Å². The second-order valence-corrected chi connectivity index (χ2v) is 6.71. The van der Waals surface area contributed by atoms with Crippen LogP contribution in [0.1, 0.15) is 13.8 Å². The number of halogens is 1. The highest BCUT2D eigenvalue weighted by molar-refractivity contribution is 7.91. The van der Waals surface area contributed by atoms with Gasteiger partial charge in [-0.3, -0.25) is 4.84 Å². The second kappa shape index (κ2) is 5.22. The molecular formula is C7H11ClN2O3S2. The molecule has 0 aliphatic heterocycles. The minimum absolute atomic E-state index is 0.0382. The lowest BCUT2D eigenvalue weighted by Gasteiger charge is -2.06. The fraction of sp³-hybridized carbons (Fsp3) is 0.571. The van der Waals surface area contributed by atoms with Crippen molar-refractivity contribution < 1.29 is 13.3 Å². The van der Waals surface area contributed by atoms with Gasteiger partial charge in [-0.1, -0.05) is 41.7 Å². The Morgan fingerprint density at radius 3 is 2.80 bits per heavy atom. The number of nitrogens with one attached hydrogen (secondary N) is 1. The summed E-state index contributed by atoms with van der Waals surface area (Å²) in [6.07, 6.45) is 1.19. The van der Waals surface area contributed by atoms with E-state index in [2.05, 4.69) is 4.98 Å². The molecular weight excluding hydrogens is 260 g/mol. The van der Waals surface area contributed by atoms with Gasteiger partial charge in [0.05, 0.1) is 12.8 Å². The van der Waals surface area contributed by atoms with Gasteiger partial charge in [-0.2, -0.15) is 0 Å². The Morgan fingerprint density at radius 2 is 2.33 bits per heavy atom. The number of hydrogen-bond acceptors (Lipinski definition) is 5. The number of thiazole rings is 1. The standard InChI is InChI=1S/C7H11ClN2O3S2/c1-5(2)4-13-10-15(11,12)6-3-9-7(8)14-6/h3,5,10H,4H2,1-2H3. The zero-order valence-corrected chi connectivity index (χ0v) is 10.6. The van der Waals surface area contributed by atoms with Gasteiger partial charge in [0, 0.05) is 0 Å². The van der Waals surface area contributed by atoms with Gasteiger partial charge in [0.1, 0.15) is 0 Å². The molecule has 0 spiro atoms. The Morgan fingerprint density at radius 1 is 1.67 bits per heavy atom. The number of sulfonamides is 1. The van der Waals surface area contributed by atoms with Gasteiger partial charge in [0.2, 0.25) is 0 Å². The van der Waals surface area contributed by atoms with Crippen LogP contribution in [0.25, 0.3) is 0 Å². The molecule has 8 heteroatoms. The quantitative estimate of drug-likeness (QED) is 0.827. The molecule has 0 saturated carbocycles. The van der Waals surface area contributed by atoms with Crippen LogP contribution in [0.15, 0.2) is 10.4 Å². The summed E-state index contributed by atoms with van der Waals surface area (Å²) in [6.45, 7) is 4.14. The van der Waals surface area contributed by atoms with E-state index in [-0.39, 0.29) is 14.6 Å². The molecule has 0 aromatic carbocycles. The molecule has 1 aromatic heterocycles. The van der Waals surface area contributed by atoms with Crippen molar-refractivity contribution in [1.29, 1.82) is 0 Å². The minimum Gasteiger partial charge on any atom is -0.287 e. The van der Waals surface area contributed by atoms with Gasteiger partial charge in [-0.05, 0) is 5.92 Å². The maximum Gasteiger partial charge on any atom is 0.273 e. The maximum atomic E-state index is 11.5. The predicted molar refractivity (Wildman–Crippen MR) is 58.2 cm³/mol. The van der Waals surface area contributed by atoms with Crippen molar-refractivity contribution in [2.24, 2.45) is 5.92 Å². The van der Waals surface area contributed by atoms with Crippen LogP contribution in [0.3, 0.4) is 0 Å². The second-order valence-electron chi connectivity index (χ2n) is 3.22. The molecule has 15 heavy (non-hydrogen) atoms. The molecule has 0 bridgehead atoms. The molecule has 0 unspecified atom stereocenters. The molecule has 1 rings (SSSR count). The average Bonchev–Trinajstić information content (AvgIpc) is 2.51. The number of hydrogen-bond donors (Lipinski definition) is 1. The molecule has 0 amide bonds. The van der Waals surface area contributed by atoms with E-state index in [9.17, 15) is 8.42 Å². The zero-order valence-electron chi connectivity index (χ0n) is 8.23. The molecule has 1 N–H and O–H groups in total. The van der Waals surface area contributed by atoms with Crippen LogP contribution in [0.5, 0.6) is 0 Å². The van der Waals surface area contributed by atoms with Crippen molar-refractivity contribution in [3.63, 3.8) is 0 Å². The molecule has 1 aromatic rings. The number of rotatable bonds is 5. The average molecular weight is 271 g/mol. The molecule has 0 fully saturated rings. The molecule has 5 nitrogen and oxygen atoms in total. The van der Waals surface area contributed by atoms with Gasteiger partial charge >= 0.3 is 0 Å². The monoisotopic (exact) mass is 270 g/mol. The Balaban J connectivity index is 2.60. The molecule has 0 atom stereocenters. The van der Waals surface area contributed by atoms with Gasteiger partial charge in [-0.15, -0.1) is 0 Å². The molecule has 0 aliphatic rings. The minimum atomic E-state index is -3.64.